The van der Waals surface area contributed by atoms with Gasteiger partial charge in [-0.15, -0.1) is 0 Å². The van der Waals surface area contributed by atoms with Crippen molar-refractivity contribution >= 4 is 33.9 Å². The van der Waals surface area contributed by atoms with Crippen LogP contribution in [0.4, 0.5) is 14.6 Å². The summed E-state index contributed by atoms with van der Waals surface area (Å²) >= 11 is 0. The van der Waals surface area contributed by atoms with Crippen LogP contribution in [0.5, 0.6) is 0 Å². The van der Waals surface area contributed by atoms with Gasteiger partial charge in [0.1, 0.15) is 28.5 Å². The fourth-order valence-corrected chi connectivity index (χ4v) is 3.75. The van der Waals surface area contributed by atoms with Crippen LogP contribution in [-0.4, -0.2) is 20.4 Å². The molecule has 164 valence electrons. The van der Waals surface area contributed by atoms with Crippen LogP contribution < -0.4 is 11.1 Å². The highest BCUT2D eigenvalue weighted by molar-refractivity contribution is 6.10. The standard InChI is InChI=1S/C25H19F2N5O/c26-17-9-5-15(6-10-17)13-29-25(33)21-22-24(31-20-4-2-1-3-19(20)30-22)32(23(21)28)14-16-7-11-18(27)12-8-16/h1-12H,13-14,28H2,(H,29,33). The van der Waals surface area contributed by atoms with Crippen LogP contribution in [0.25, 0.3) is 22.2 Å². The zero-order valence-electron chi connectivity index (χ0n) is 17.4. The second-order valence-corrected chi connectivity index (χ2v) is 7.67. The number of anilines is 1. The maximum Gasteiger partial charge on any atom is 0.257 e. The minimum atomic E-state index is -0.413. The lowest BCUT2D eigenvalue weighted by molar-refractivity contribution is 0.0953. The fraction of sp³-hybridized carbons (Fsp3) is 0.0800. The highest BCUT2D eigenvalue weighted by Gasteiger charge is 2.24. The summed E-state index contributed by atoms with van der Waals surface area (Å²) in [6.45, 7) is 0.491. The van der Waals surface area contributed by atoms with Crippen molar-refractivity contribution < 1.29 is 13.6 Å². The summed E-state index contributed by atoms with van der Waals surface area (Å²) in [5.74, 6) is -0.887. The van der Waals surface area contributed by atoms with Gasteiger partial charge in [0, 0.05) is 6.54 Å². The van der Waals surface area contributed by atoms with E-state index in [-0.39, 0.29) is 29.6 Å². The molecule has 1 amide bonds. The van der Waals surface area contributed by atoms with Crippen molar-refractivity contribution in [2.45, 2.75) is 13.1 Å². The lowest BCUT2D eigenvalue weighted by Gasteiger charge is -2.09. The molecule has 0 saturated carbocycles. The summed E-state index contributed by atoms with van der Waals surface area (Å²) < 4.78 is 28.2. The quantitative estimate of drug-likeness (QED) is 0.421. The second kappa shape index (κ2) is 8.31. The molecule has 0 atom stereocenters. The zero-order chi connectivity index (χ0) is 22.9. The van der Waals surface area contributed by atoms with Crippen LogP contribution in [0.3, 0.4) is 0 Å². The number of nitrogen functional groups attached to an aromatic ring is 1. The number of rotatable bonds is 5. The van der Waals surface area contributed by atoms with E-state index >= 15 is 0 Å². The first-order chi connectivity index (χ1) is 16.0. The molecule has 2 heterocycles. The molecule has 0 bridgehead atoms. The van der Waals surface area contributed by atoms with Gasteiger partial charge < -0.3 is 15.6 Å². The summed E-state index contributed by atoms with van der Waals surface area (Å²) in [6.07, 6.45) is 0. The first-order valence-electron chi connectivity index (χ1n) is 10.3. The van der Waals surface area contributed by atoms with Crippen molar-refractivity contribution in [1.82, 2.24) is 19.9 Å². The molecule has 3 aromatic carbocycles. The molecule has 0 aliphatic rings. The monoisotopic (exact) mass is 443 g/mol. The first-order valence-corrected chi connectivity index (χ1v) is 10.3. The third-order valence-electron chi connectivity index (χ3n) is 5.44. The number of hydrogen-bond donors (Lipinski definition) is 2. The van der Waals surface area contributed by atoms with Crippen molar-refractivity contribution in [2.75, 3.05) is 5.73 Å². The van der Waals surface area contributed by atoms with Gasteiger partial charge in [-0.05, 0) is 47.5 Å². The van der Waals surface area contributed by atoms with Crippen LogP contribution in [0.1, 0.15) is 21.5 Å². The van der Waals surface area contributed by atoms with E-state index in [4.69, 9.17) is 10.7 Å². The van der Waals surface area contributed by atoms with Crippen molar-refractivity contribution in [3.63, 3.8) is 0 Å². The molecule has 0 spiro atoms. The number of carbonyl (C=O) groups is 1. The van der Waals surface area contributed by atoms with Crippen LogP contribution in [0.2, 0.25) is 0 Å². The smallest absolute Gasteiger partial charge is 0.257 e. The average molecular weight is 443 g/mol. The van der Waals surface area contributed by atoms with Gasteiger partial charge in [-0.3, -0.25) is 4.79 Å². The molecule has 0 radical (unpaired) electrons. The fourth-order valence-electron chi connectivity index (χ4n) is 3.75. The molecule has 33 heavy (non-hydrogen) atoms. The molecule has 3 N–H and O–H groups in total. The van der Waals surface area contributed by atoms with E-state index < -0.39 is 5.91 Å². The Bertz CT molecular complexity index is 1480. The number of benzene rings is 3. The first kappa shape index (κ1) is 20.6. The number of aromatic nitrogens is 3. The van der Waals surface area contributed by atoms with Crippen molar-refractivity contribution in [2.24, 2.45) is 0 Å². The van der Waals surface area contributed by atoms with Crippen molar-refractivity contribution in [1.29, 1.82) is 0 Å². The van der Waals surface area contributed by atoms with Crippen molar-refractivity contribution in [3.05, 3.63) is 101 Å². The second-order valence-electron chi connectivity index (χ2n) is 7.67. The Morgan fingerprint density at radius 1 is 0.848 bits per heavy atom. The number of nitrogens with one attached hydrogen (secondary N) is 1. The van der Waals surface area contributed by atoms with E-state index in [1.807, 2.05) is 24.3 Å². The topological polar surface area (TPSA) is 85.8 Å². The molecular weight excluding hydrogens is 424 g/mol. The number of nitrogens with two attached hydrogens (primary N) is 1. The van der Waals surface area contributed by atoms with E-state index in [1.54, 1.807) is 28.8 Å². The molecular formula is C25H19F2N5O. The number of nitrogens with zero attached hydrogens (tertiary/aromatic N) is 3. The van der Waals surface area contributed by atoms with E-state index in [9.17, 15) is 13.6 Å². The number of hydrogen-bond acceptors (Lipinski definition) is 4. The van der Waals surface area contributed by atoms with Gasteiger partial charge in [0.05, 0.1) is 17.6 Å². The largest absolute Gasteiger partial charge is 0.384 e. The molecule has 0 unspecified atom stereocenters. The van der Waals surface area contributed by atoms with Gasteiger partial charge in [-0.2, -0.15) is 0 Å². The lowest BCUT2D eigenvalue weighted by Crippen LogP contribution is -2.24. The molecule has 2 aromatic heterocycles. The molecule has 5 rings (SSSR count). The van der Waals surface area contributed by atoms with E-state index in [1.165, 1.54) is 24.3 Å². The van der Waals surface area contributed by atoms with Crippen LogP contribution in [0.15, 0.2) is 72.8 Å². The molecule has 5 aromatic rings. The van der Waals surface area contributed by atoms with Gasteiger partial charge >= 0.3 is 0 Å². The van der Waals surface area contributed by atoms with Gasteiger partial charge in [-0.1, -0.05) is 36.4 Å². The number of fused-ring (bicyclic) bond motifs is 2. The molecule has 0 aliphatic carbocycles. The van der Waals surface area contributed by atoms with Crippen LogP contribution >= 0.6 is 0 Å². The maximum atomic E-state index is 13.4. The summed E-state index contributed by atoms with van der Waals surface area (Å²) in [5.41, 5.74) is 10.3. The Morgan fingerprint density at radius 2 is 1.42 bits per heavy atom. The molecule has 8 heteroatoms. The van der Waals surface area contributed by atoms with E-state index in [2.05, 4.69) is 10.3 Å². The van der Waals surface area contributed by atoms with Gasteiger partial charge in [-0.25, -0.2) is 18.7 Å². The predicted octanol–water partition coefficient (Wildman–Crippen LogP) is 4.42. The highest BCUT2D eigenvalue weighted by Crippen LogP contribution is 2.29. The highest BCUT2D eigenvalue weighted by atomic mass is 19.1. The number of amides is 1. The van der Waals surface area contributed by atoms with Crippen LogP contribution in [0, 0.1) is 11.6 Å². The summed E-state index contributed by atoms with van der Waals surface area (Å²) in [6, 6.07) is 19.3. The Kier molecular flexibility index (Phi) is 5.18. The number of carbonyl (C=O) groups excluding carboxylic acids is 1. The van der Waals surface area contributed by atoms with E-state index in [0.717, 1.165) is 11.1 Å². The third-order valence-corrected chi connectivity index (χ3v) is 5.44. The van der Waals surface area contributed by atoms with Crippen LogP contribution in [-0.2, 0) is 13.1 Å². The Labute approximate surface area is 187 Å². The molecule has 6 nitrogen and oxygen atoms in total. The van der Waals surface area contributed by atoms with Gasteiger partial charge in [0.15, 0.2) is 5.65 Å². The predicted molar refractivity (Wildman–Crippen MR) is 123 cm³/mol. The van der Waals surface area contributed by atoms with E-state index in [0.29, 0.717) is 28.7 Å². The summed E-state index contributed by atoms with van der Waals surface area (Å²) in [4.78, 5) is 22.5. The summed E-state index contributed by atoms with van der Waals surface area (Å²) in [5, 5.41) is 2.83. The average Bonchev–Trinajstić information content (AvgIpc) is 3.08. The lowest BCUT2D eigenvalue weighted by atomic mass is 10.2. The minimum absolute atomic E-state index is 0.199. The SMILES string of the molecule is Nc1c(C(=O)NCc2ccc(F)cc2)c2nc3ccccc3nc2n1Cc1ccc(F)cc1. The Morgan fingerprint density at radius 3 is 2.06 bits per heavy atom. The van der Waals surface area contributed by atoms with Gasteiger partial charge in [0.2, 0.25) is 0 Å². The summed E-state index contributed by atoms with van der Waals surface area (Å²) in [7, 11) is 0. The van der Waals surface area contributed by atoms with Crippen molar-refractivity contribution in [3.8, 4) is 0 Å². The maximum absolute atomic E-state index is 13.4. The number of para-hydroxylation sites is 2. The van der Waals surface area contributed by atoms with Gasteiger partial charge in [0.25, 0.3) is 5.91 Å². The number of halogens is 2. The Balaban J connectivity index is 1.58. The zero-order valence-corrected chi connectivity index (χ0v) is 17.4. The Hall–Kier alpha value is -4.33. The normalized spacial score (nSPS) is 11.2. The molecule has 0 fully saturated rings. The minimum Gasteiger partial charge on any atom is -0.384 e. The molecule has 0 saturated heterocycles. The third kappa shape index (κ3) is 3.98. The molecule has 0 aliphatic heterocycles.